The van der Waals surface area contributed by atoms with Gasteiger partial charge in [0.05, 0.1) is 30.3 Å². The van der Waals surface area contributed by atoms with Crippen molar-refractivity contribution in [1.82, 2.24) is 19.9 Å². The molecule has 0 bridgehead atoms. The van der Waals surface area contributed by atoms with Crippen LogP contribution >= 0.6 is 0 Å². The van der Waals surface area contributed by atoms with Gasteiger partial charge >= 0.3 is 0 Å². The molecule has 7 nitrogen and oxygen atoms in total. The number of benzene rings is 1. The van der Waals surface area contributed by atoms with Gasteiger partial charge in [-0.2, -0.15) is 0 Å². The number of aryl methyl sites for hydroxylation is 1. The quantitative estimate of drug-likeness (QED) is 0.426. The molecule has 1 aliphatic rings. The van der Waals surface area contributed by atoms with Gasteiger partial charge in [0, 0.05) is 24.5 Å². The van der Waals surface area contributed by atoms with Crippen molar-refractivity contribution in [3.8, 4) is 11.3 Å². The highest BCUT2D eigenvalue weighted by Gasteiger charge is 2.26. The number of aliphatic hydroxyl groups excluding tert-OH is 1. The van der Waals surface area contributed by atoms with Crippen LogP contribution in [-0.4, -0.2) is 37.7 Å². The number of nitrogens with zero attached hydrogens (tertiary/aromatic N) is 3. The first-order chi connectivity index (χ1) is 15.6. The van der Waals surface area contributed by atoms with Crippen molar-refractivity contribution in [3.05, 3.63) is 72.4 Å². The first-order valence-electron chi connectivity index (χ1n) is 11.1. The largest absolute Gasteiger partial charge is 0.391 e. The Morgan fingerprint density at radius 3 is 2.81 bits per heavy atom. The fourth-order valence-electron chi connectivity index (χ4n) is 4.54. The van der Waals surface area contributed by atoms with Crippen molar-refractivity contribution < 1.29 is 14.5 Å². The maximum absolute atomic E-state index is 13.1. The number of aromatic nitrogens is 4. The number of aromatic amines is 1. The molecule has 3 N–H and O–H groups in total. The van der Waals surface area contributed by atoms with Crippen molar-refractivity contribution in [2.24, 2.45) is 7.05 Å². The minimum Gasteiger partial charge on any atom is -0.391 e. The van der Waals surface area contributed by atoms with Crippen LogP contribution in [-0.2, 0) is 13.6 Å². The lowest BCUT2D eigenvalue weighted by atomic mass is 9.92. The molecular formula is C25H28N5O2+. The molecule has 3 heterocycles. The summed E-state index contributed by atoms with van der Waals surface area (Å²) in [6.07, 6.45) is 10.7. The Kier molecular flexibility index (Phi) is 5.49. The second kappa shape index (κ2) is 8.59. The van der Waals surface area contributed by atoms with E-state index in [1.54, 1.807) is 6.20 Å². The van der Waals surface area contributed by atoms with E-state index < -0.39 is 6.10 Å². The van der Waals surface area contributed by atoms with Crippen LogP contribution in [0.5, 0.6) is 0 Å². The van der Waals surface area contributed by atoms with Crippen LogP contribution in [0.1, 0.15) is 41.6 Å². The smallest absolute Gasteiger partial charge is 0.255 e. The lowest BCUT2D eigenvalue weighted by molar-refractivity contribution is -0.669. The topological polar surface area (TPSA) is 86.8 Å². The van der Waals surface area contributed by atoms with Gasteiger partial charge in [-0.25, -0.2) is 9.55 Å². The van der Waals surface area contributed by atoms with E-state index >= 15 is 0 Å². The molecule has 5 rings (SSSR count). The number of pyridine rings is 1. The second-order valence-corrected chi connectivity index (χ2v) is 8.65. The number of imidazole rings is 1. The molecule has 32 heavy (non-hydrogen) atoms. The van der Waals surface area contributed by atoms with Crippen molar-refractivity contribution >= 4 is 16.9 Å². The molecule has 2 atom stereocenters. The molecule has 1 amide bonds. The summed E-state index contributed by atoms with van der Waals surface area (Å²) < 4.78 is 4.05. The van der Waals surface area contributed by atoms with Crippen LogP contribution in [0.15, 0.2) is 61.3 Å². The molecule has 0 unspecified atom stereocenters. The van der Waals surface area contributed by atoms with Crippen molar-refractivity contribution in [2.45, 2.75) is 44.4 Å². The zero-order valence-electron chi connectivity index (χ0n) is 18.2. The third-order valence-electron chi connectivity index (χ3n) is 6.30. The van der Waals surface area contributed by atoms with Gasteiger partial charge in [-0.1, -0.05) is 37.1 Å². The zero-order chi connectivity index (χ0) is 22.1. The van der Waals surface area contributed by atoms with Crippen LogP contribution in [0.4, 0.5) is 0 Å². The Morgan fingerprint density at radius 1 is 1.25 bits per heavy atom. The van der Waals surface area contributed by atoms with E-state index in [-0.39, 0.29) is 11.9 Å². The number of H-pyrrole nitrogens is 1. The number of fused-ring (bicyclic) bond motifs is 1. The first-order valence-corrected chi connectivity index (χ1v) is 11.1. The zero-order valence-corrected chi connectivity index (χ0v) is 18.2. The highest BCUT2D eigenvalue weighted by molar-refractivity contribution is 6.05. The van der Waals surface area contributed by atoms with Gasteiger partial charge in [0.15, 0.2) is 5.69 Å². The summed E-state index contributed by atoms with van der Waals surface area (Å²) >= 11 is 0. The monoisotopic (exact) mass is 430 g/mol. The Balaban J connectivity index is 1.39. The van der Waals surface area contributed by atoms with Gasteiger partial charge in [-0.05, 0) is 30.5 Å². The lowest BCUT2D eigenvalue weighted by Gasteiger charge is -2.28. The summed E-state index contributed by atoms with van der Waals surface area (Å²) in [7, 11) is 1.99. The van der Waals surface area contributed by atoms with Gasteiger partial charge in [0.2, 0.25) is 6.33 Å². The van der Waals surface area contributed by atoms with E-state index in [9.17, 15) is 9.90 Å². The van der Waals surface area contributed by atoms with Crippen LogP contribution < -0.4 is 9.88 Å². The number of aliphatic hydroxyl groups is 1. The number of carbonyl (C=O) groups is 1. The van der Waals surface area contributed by atoms with Crippen LogP contribution in [0.2, 0.25) is 0 Å². The molecule has 0 radical (unpaired) electrons. The van der Waals surface area contributed by atoms with E-state index in [4.69, 9.17) is 0 Å². The average Bonchev–Trinajstić information content (AvgIpc) is 3.40. The molecule has 7 heteroatoms. The third-order valence-corrected chi connectivity index (χ3v) is 6.30. The number of hydrogen-bond donors (Lipinski definition) is 3. The molecular weight excluding hydrogens is 402 g/mol. The highest BCUT2D eigenvalue weighted by Crippen LogP contribution is 2.24. The fraction of sp³-hybridized carbons (Fsp3) is 0.320. The molecule has 0 aliphatic heterocycles. The highest BCUT2D eigenvalue weighted by atomic mass is 16.3. The number of nitrogens with one attached hydrogen (secondary N) is 2. The fourth-order valence-corrected chi connectivity index (χ4v) is 4.54. The third kappa shape index (κ3) is 4.03. The summed E-state index contributed by atoms with van der Waals surface area (Å²) in [6.45, 7) is 0.639. The normalized spacial score (nSPS) is 18.7. The van der Waals surface area contributed by atoms with Crippen LogP contribution in [0.3, 0.4) is 0 Å². The van der Waals surface area contributed by atoms with Crippen molar-refractivity contribution in [1.29, 1.82) is 0 Å². The standard InChI is InChI=1S/C25H27N5O2/c1-29-15-21(27-16-29)18-10-8-17(9-11-18)13-30-14-19(24-22(30)6-4-12-26-24)25(32)28-20-5-2-3-7-23(20)31/h4,6,8-12,14-16,20,23,31H,2-3,5,7,13H2,1H3,(H,28,32)/p+1/t20-,23-/m0/s1. The Hall–Kier alpha value is -3.45. The van der Waals surface area contributed by atoms with Crippen LogP contribution in [0, 0.1) is 0 Å². The predicted molar refractivity (Wildman–Crippen MR) is 122 cm³/mol. The van der Waals surface area contributed by atoms with Crippen LogP contribution in [0.25, 0.3) is 22.3 Å². The molecule has 0 saturated heterocycles. The number of carbonyl (C=O) groups excluding carboxylic acids is 1. The lowest BCUT2D eigenvalue weighted by Crippen LogP contribution is -2.45. The molecule has 1 aliphatic carbocycles. The summed E-state index contributed by atoms with van der Waals surface area (Å²) in [5, 5.41) is 13.3. The molecule has 1 fully saturated rings. The maximum Gasteiger partial charge on any atom is 0.255 e. The van der Waals surface area contributed by atoms with Gasteiger partial charge < -0.3 is 15.0 Å². The Morgan fingerprint density at radius 2 is 2.06 bits per heavy atom. The van der Waals surface area contributed by atoms with Gasteiger partial charge in [0.1, 0.15) is 11.7 Å². The predicted octanol–water partition coefficient (Wildman–Crippen LogP) is 2.94. The van der Waals surface area contributed by atoms with E-state index in [1.807, 2.05) is 42.5 Å². The van der Waals surface area contributed by atoms with Gasteiger partial charge in [-0.15, -0.1) is 0 Å². The number of amides is 1. The Bertz CT molecular complexity index is 1240. The summed E-state index contributed by atoms with van der Waals surface area (Å²) in [4.78, 5) is 20.8. The van der Waals surface area contributed by atoms with Crippen molar-refractivity contribution in [2.75, 3.05) is 0 Å². The average molecular weight is 431 g/mol. The SMILES string of the molecule is C[n+]1c[nH]c(-c2ccc(Cn3cc(C(=O)N[C@H]4CCCC[C@@H]4O)c4ncccc43)cc2)c1. The van der Waals surface area contributed by atoms with E-state index in [0.29, 0.717) is 17.6 Å². The summed E-state index contributed by atoms with van der Waals surface area (Å²) in [5.41, 5.74) is 5.49. The molecule has 1 aromatic carbocycles. The van der Waals surface area contributed by atoms with Gasteiger partial charge in [0.25, 0.3) is 5.91 Å². The first kappa shape index (κ1) is 20.5. The minimum absolute atomic E-state index is 0.173. The van der Waals surface area contributed by atoms with E-state index in [2.05, 4.69) is 44.1 Å². The van der Waals surface area contributed by atoms with Crippen molar-refractivity contribution in [3.63, 3.8) is 0 Å². The van der Waals surface area contributed by atoms with E-state index in [0.717, 1.165) is 48.0 Å². The molecule has 0 spiro atoms. The number of hydrogen-bond acceptors (Lipinski definition) is 3. The number of rotatable bonds is 5. The van der Waals surface area contributed by atoms with Gasteiger partial charge in [-0.3, -0.25) is 9.78 Å². The molecule has 3 aromatic heterocycles. The van der Waals surface area contributed by atoms with E-state index in [1.165, 1.54) is 0 Å². The second-order valence-electron chi connectivity index (χ2n) is 8.65. The molecule has 164 valence electrons. The summed E-state index contributed by atoms with van der Waals surface area (Å²) in [5.74, 6) is -0.173. The maximum atomic E-state index is 13.1. The molecule has 4 aromatic rings. The minimum atomic E-state index is -0.477. The molecule has 1 saturated carbocycles. The summed E-state index contributed by atoms with van der Waals surface area (Å²) in [6, 6.07) is 12.1. The Labute approximate surface area is 186 Å².